The summed E-state index contributed by atoms with van der Waals surface area (Å²) in [6.45, 7) is 0.153. The van der Waals surface area contributed by atoms with Gasteiger partial charge in [0.05, 0.1) is 18.3 Å². The summed E-state index contributed by atoms with van der Waals surface area (Å²) >= 11 is 0. The van der Waals surface area contributed by atoms with Gasteiger partial charge in [0.15, 0.2) is 0 Å². The largest absolute Gasteiger partial charge is 0.495 e. The van der Waals surface area contributed by atoms with Crippen molar-refractivity contribution in [2.24, 2.45) is 0 Å². The fourth-order valence-electron chi connectivity index (χ4n) is 3.36. The standard InChI is InChI=1S/C24H22N4O4S/c1-32-21-11-10-18(24(29)28-20-9-4-6-17-7-5-14-26-23(17)20)16-22(21)33(30,31)27-15-12-19-8-2-3-13-25-19/h2-11,13-14,16,27H,12,15H2,1H3,(H,28,29). The minimum atomic E-state index is -3.93. The molecule has 0 aliphatic rings. The van der Waals surface area contributed by atoms with Crippen molar-refractivity contribution in [2.45, 2.75) is 11.3 Å². The third-order valence-electron chi connectivity index (χ3n) is 5.00. The van der Waals surface area contributed by atoms with Gasteiger partial charge in [-0.25, -0.2) is 13.1 Å². The van der Waals surface area contributed by atoms with Crippen LogP contribution in [0.1, 0.15) is 16.1 Å². The number of carbonyl (C=O) groups is 1. The van der Waals surface area contributed by atoms with E-state index in [-0.39, 0.29) is 22.8 Å². The lowest BCUT2D eigenvalue weighted by molar-refractivity contribution is 0.102. The summed E-state index contributed by atoms with van der Waals surface area (Å²) in [5.41, 5.74) is 2.12. The Kier molecular flexibility index (Phi) is 6.62. The highest BCUT2D eigenvalue weighted by atomic mass is 32.2. The highest BCUT2D eigenvalue weighted by Gasteiger charge is 2.22. The van der Waals surface area contributed by atoms with Gasteiger partial charge in [0.1, 0.15) is 10.6 Å². The predicted molar refractivity (Wildman–Crippen MR) is 126 cm³/mol. The Morgan fingerprint density at radius 1 is 0.970 bits per heavy atom. The number of nitrogens with one attached hydrogen (secondary N) is 2. The number of rotatable bonds is 8. The van der Waals surface area contributed by atoms with Crippen LogP contribution in [-0.4, -0.2) is 37.9 Å². The molecule has 9 heteroatoms. The second-order valence-electron chi connectivity index (χ2n) is 7.17. The topological polar surface area (TPSA) is 110 Å². The lowest BCUT2D eigenvalue weighted by Crippen LogP contribution is -2.27. The maximum Gasteiger partial charge on any atom is 0.255 e. The van der Waals surface area contributed by atoms with Crippen molar-refractivity contribution >= 4 is 32.5 Å². The summed E-state index contributed by atoms with van der Waals surface area (Å²) in [7, 11) is -2.55. The number of aromatic nitrogens is 2. The van der Waals surface area contributed by atoms with Crippen molar-refractivity contribution < 1.29 is 17.9 Å². The number of amides is 1. The van der Waals surface area contributed by atoms with Gasteiger partial charge >= 0.3 is 0 Å². The first kappa shape index (κ1) is 22.4. The van der Waals surface area contributed by atoms with Crippen molar-refractivity contribution in [3.05, 3.63) is 90.4 Å². The van der Waals surface area contributed by atoms with Crippen LogP contribution >= 0.6 is 0 Å². The minimum Gasteiger partial charge on any atom is -0.495 e. The predicted octanol–water partition coefficient (Wildman–Crippen LogP) is 3.41. The molecule has 4 aromatic rings. The smallest absolute Gasteiger partial charge is 0.255 e. The molecule has 0 unspecified atom stereocenters. The van der Waals surface area contributed by atoms with Crippen LogP contribution in [0.2, 0.25) is 0 Å². The van der Waals surface area contributed by atoms with Crippen molar-refractivity contribution in [1.29, 1.82) is 0 Å². The molecule has 0 bridgehead atoms. The summed E-state index contributed by atoms with van der Waals surface area (Å²) in [5.74, 6) is -0.315. The van der Waals surface area contributed by atoms with Crippen molar-refractivity contribution in [2.75, 3.05) is 19.0 Å². The molecule has 2 N–H and O–H groups in total. The number of benzene rings is 2. The van der Waals surface area contributed by atoms with Crippen LogP contribution in [0.4, 0.5) is 5.69 Å². The number of anilines is 1. The molecule has 0 radical (unpaired) electrons. The number of methoxy groups -OCH3 is 1. The molecule has 0 aliphatic heterocycles. The maximum atomic E-state index is 13.0. The van der Waals surface area contributed by atoms with Gasteiger partial charge in [-0.1, -0.05) is 24.3 Å². The van der Waals surface area contributed by atoms with E-state index < -0.39 is 15.9 Å². The summed E-state index contributed by atoms with van der Waals surface area (Å²) in [6.07, 6.45) is 3.73. The average Bonchev–Trinajstić information content (AvgIpc) is 2.84. The molecule has 0 aliphatic carbocycles. The van der Waals surface area contributed by atoms with E-state index in [1.165, 1.54) is 25.3 Å². The second-order valence-corrected chi connectivity index (χ2v) is 8.90. The quantitative estimate of drug-likeness (QED) is 0.415. The van der Waals surface area contributed by atoms with Crippen molar-refractivity contribution in [1.82, 2.24) is 14.7 Å². The summed E-state index contributed by atoms with van der Waals surface area (Å²) in [4.78, 5) is 21.3. The molecule has 168 valence electrons. The molecule has 0 spiro atoms. The van der Waals surface area contributed by atoms with Gasteiger partial charge in [-0.05, 0) is 42.5 Å². The molecular formula is C24H22N4O4S. The summed E-state index contributed by atoms with van der Waals surface area (Å²) < 4.78 is 33.7. The molecule has 4 rings (SSSR count). The molecule has 1 amide bonds. The van der Waals surface area contributed by atoms with Crippen molar-refractivity contribution in [3.63, 3.8) is 0 Å². The Morgan fingerprint density at radius 2 is 1.79 bits per heavy atom. The van der Waals surface area contributed by atoms with E-state index in [2.05, 4.69) is 20.0 Å². The van der Waals surface area contributed by atoms with E-state index in [4.69, 9.17) is 4.74 Å². The normalized spacial score (nSPS) is 11.3. The lowest BCUT2D eigenvalue weighted by atomic mass is 10.1. The molecule has 33 heavy (non-hydrogen) atoms. The lowest BCUT2D eigenvalue weighted by Gasteiger charge is -2.13. The van der Waals surface area contributed by atoms with E-state index in [0.717, 1.165) is 11.1 Å². The second kappa shape index (κ2) is 9.76. The van der Waals surface area contributed by atoms with Gasteiger partial charge in [-0.2, -0.15) is 0 Å². The SMILES string of the molecule is COc1ccc(C(=O)Nc2cccc3cccnc23)cc1S(=O)(=O)NCCc1ccccn1. The molecule has 0 saturated carbocycles. The Balaban J connectivity index is 1.56. The van der Waals surface area contributed by atoms with E-state index in [9.17, 15) is 13.2 Å². The number of nitrogens with zero attached hydrogens (tertiary/aromatic N) is 2. The van der Waals surface area contributed by atoms with E-state index in [1.54, 1.807) is 24.5 Å². The van der Waals surface area contributed by atoms with Gasteiger partial charge in [0.2, 0.25) is 10.0 Å². The summed E-state index contributed by atoms with van der Waals surface area (Å²) in [5, 5.41) is 3.70. The van der Waals surface area contributed by atoms with Gasteiger partial charge in [-0.15, -0.1) is 0 Å². The highest BCUT2D eigenvalue weighted by Crippen LogP contribution is 2.26. The number of sulfonamides is 1. The zero-order valence-corrected chi connectivity index (χ0v) is 18.7. The number of pyridine rings is 2. The first-order chi connectivity index (χ1) is 16.0. The van der Waals surface area contributed by atoms with Crippen LogP contribution in [0, 0.1) is 0 Å². The van der Waals surface area contributed by atoms with Crippen LogP contribution in [0.15, 0.2) is 84.0 Å². The first-order valence-corrected chi connectivity index (χ1v) is 11.7. The fraction of sp³-hybridized carbons (Fsp3) is 0.125. The number of hydrogen-bond acceptors (Lipinski definition) is 6. The van der Waals surface area contributed by atoms with E-state index >= 15 is 0 Å². The zero-order valence-electron chi connectivity index (χ0n) is 17.9. The van der Waals surface area contributed by atoms with Crippen molar-refractivity contribution in [3.8, 4) is 5.75 Å². The molecular weight excluding hydrogens is 440 g/mol. The van der Waals surface area contributed by atoms with Gasteiger partial charge in [0, 0.05) is 42.0 Å². The number of carbonyl (C=O) groups excluding carboxylic acids is 1. The molecule has 0 saturated heterocycles. The fourth-order valence-corrected chi connectivity index (χ4v) is 4.59. The minimum absolute atomic E-state index is 0.116. The molecule has 2 heterocycles. The third kappa shape index (κ3) is 5.16. The Morgan fingerprint density at radius 3 is 2.58 bits per heavy atom. The Labute approximate surface area is 191 Å². The first-order valence-electron chi connectivity index (χ1n) is 10.2. The summed E-state index contributed by atoms with van der Waals surface area (Å²) in [6, 6.07) is 18.9. The molecule has 0 atom stereocenters. The molecule has 8 nitrogen and oxygen atoms in total. The van der Waals surface area contributed by atoms with Gasteiger partial charge in [0.25, 0.3) is 5.91 Å². The van der Waals surface area contributed by atoms with E-state index in [0.29, 0.717) is 17.6 Å². The third-order valence-corrected chi connectivity index (χ3v) is 6.48. The number of ether oxygens (including phenoxy) is 1. The Hall–Kier alpha value is -3.82. The monoisotopic (exact) mass is 462 g/mol. The maximum absolute atomic E-state index is 13.0. The van der Waals surface area contributed by atoms with Crippen LogP contribution in [-0.2, 0) is 16.4 Å². The van der Waals surface area contributed by atoms with E-state index in [1.807, 2.05) is 36.4 Å². The van der Waals surface area contributed by atoms with Crippen LogP contribution in [0.25, 0.3) is 10.9 Å². The van der Waals surface area contributed by atoms with Gasteiger partial charge in [-0.3, -0.25) is 14.8 Å². The molecule has 2 aromatic carbocycles. The van der Waals surface area contributed by atoms with Crippen LogP contribution < -0.4 is 14.8 Å². The molecule has 0 fully saturated rings. The average molecular weight is 463 g/mol. The Bertz CT molecular complexity index is 1390. The number of fused-ring (bicyclic) bond motifs is 1. The van der Waals surface area contributed by atoms with Gasteiger partial charge < -0.3 is 10.1 Å². The highest BCUT2D eigenvalue weighted by molar-refractivity contribution is 7.89. The van der Waals surface area contributed by atoms with Crippen LogP contribution in [0.3, 0.4) is 0 Å². The zero-order chi connectivity index (χ0) is 23.3. The molecule has 2 aromatic heterocycles. The number of hydrogen-bond donors (Lipinski definition) is 2. The van der Waals surface area contributed by atoms with Crippen LogP contribution in [0.5, 0.6) is 5.75 Å². The number of para-hydroxylation sites is 1.